The molecule has 0 saturated heterocycles. The summed E-state index contributed by atoms with van der Waals surface area (Å²) in [5, 5.41) is 6.23. The van der Waals surface area contributed by atoms with Crippen LogP contribution in [0.3, 0.4) is 0 Å². The Morgan fingerprint density at radius 2 is 1.95 bits per heavy atom. The van der Waals surface area contributed by atoms with Gasteiger partial charge in [0.1, 0.15) is 16.6 Å². The summed E-state index contributed by atoms with van der Waals surface area (Å²) < 4.78 is 38.1. The molecular formula is C12H14F3N5S. The standard InChI is InChI=1S/C12H14F3N5S/c1-3-7-5-18-10(21-7)6-17-9-4-8(16-2)19-11(20-9)12(13,14)15/h4-5H,3,6H2,1-2H3,(H2,16,17,19,20). The first-order valence-corrected chi connectivity index (χ1v) is 7.05. The van der Waals surface area contributed by atoms with Gasteiger partial charge in [0, 0.05) is 24.2 Å². The molecule has 0 amide bonds. The van der Waals surface area contributed by atoms with Crippen molar-refractivity contribution in [2.45, 2.75) is 26.1 Å². The van der Waals surface area contributed by atoms with Gasteiger partial charge in [0.25, 0.3) is 0 Å². The SMILES string of the molecule is CCc1cnc(CNc2cc(NC)nc(C(F)(F)F)n2)s1. The molecule has 2 heterocycles. The monoisotopic (exact) mass is 317 g/mol. The largest absolute Gasteiger partial charge is 0.451 e. The van der Waals surface area contributed by atoms with E-state index in [1.807, 2.05) is 6.92 Å². The summed E-state index contributed by atoms with van der Waals surface area (Å²) >= 11 is 1.52. The number of nitrogens with one attached hydrogen (secondary N) is 2. The summed E-state index contributed by atoms with van der Waals surface area (Å²) in [6.07, 6.45) is -1.94. The Labute approximate surface area is 123 Å². The fraction of sp³-hybridized carbons (Fsp3) is 0.417. The predicted octanol–water partition coefficient (Wildman–Crippen LogP) is 3.17. The molecule has 0 unspecified atom stereocenters. The van der Waals surface area contributed by atoms with Crippen LogP contribution in [0.25, 0.3) is 0 Å². The fourth-order valence-electron chi connectivity index (χ4n) is 1.55. The molecule has 2 aromatic heterocycles. The van der Waals surface area contributed by atoms with Gasteiger partial charge in [0.15, 0.2) is 0 Å². The second kappa shape index (κ2) is 6.25. The number of halogens is 3. The van der Waals surface area contributed by atoms with Gasteiger partial charge in [-0.1, -0.05) is 6.92 Å². The number of anilines is 2. The lowest BCUT2D eigenvalue weighted by molar-refractivity contribution is -0.144. The summed E-state index contributed by atoms with van der Waals surface area (Å²) in [6.45, 7) is 2.34. The molecule has 5 nitrogen and oxygen atoms in total. The lowest BCUT2D eigenvalue weighted by atomic mass is 10.4. The minimum atomic E-state index is -4.58. The maximum absolute atomic E-state index is 12.7. The van der Waals surface area contributed by atoms with Gasteiger partial charge in [0.2, 0.25) is 5.82 Å². The molecule has 0 atom stereocenters. The smallest absolute Gasteiger partial charge is 0.373 e. The Hall–Kier alpha value is -1.90. The molecule has 0 aliphatic heterocycles. The van der Waals surface area contributed by atoms with Gasteiger partial charge < -0.3 is 10.6 Å². The molecule has 0 bridgehead atoms. The van der Waals surface area contributed by atoms with E-state index in [9.17, 15) is 13.2 Å². The third-order valence-electron chi connectivity index (χ3n) is 2.61. The maximum atomic E-state index is 12.7. The number of rotatable bonds is 5. The summed E-state index contributed by atoms with van der Waals surface area (Å²) in [7, 11) is 1.50. The number of hydrogen-bond donors (Lipinski definition) is 2. The van der Waals surface area contributed by atoms with E-state index in [4.69, 9.17) is 0 Å². The van der Waals surface area contributed by atoms with Crippen LogP contribution < -0.4 is 10.6 Å². The number of nitrogens with zero attached hydrogens (tertiary/aromatic N) is 3. The second-order valence-electron chi connectivity index (χ2n) is 4.14. The van der Waals surface area contributed by atoms with Gasteiger partial charge in [-0.2, -0.15) is 13.2 Å². The molecule has 9 heteroatoms. The molecule has 0 aromatic carbocycles. The quantitative estimate of drug-likeness (QED) is 0.887. The van der Waals surface area contributed by atoms with Gasteiger partial charge >= 0.3 is 6.18 Å². The van der Waals surface area contributed by atoms with Crippen LogP contribution in [0.5, 0.6) is 0 Å². The molecule has 0 saturated carbocycles. The molecule has 2 N–H and O–H groups in total. The Bertz CT molecular complexity index is 611. The summed E-state index contributed by atoms with van der Waals surface area (Å²) in [4.78, 5) is 12.2. The highest BCUT2D eigenvalue weighted by Crippen LogP contribution is 2.28. The Morgan fingerprint density at radius 3 is 2.52 bits per heavy atom. The average molecular weight is 317 g/mol. The van der Waals surface area contributed by atoms with Crippen LogP contribution in [-0.2, 0) is 19.1 Å². The zero-order chi connectivity index (χ0) is 15.5. The molecule has 0 radical (unpaired) electrons. The predicted molar refractivity (Wildman–Crippen MR) is 75.4 cm³/mol. The van der Waals surface area contributed by atoms with Crippen LogP contribution in [-0.4, -0.2) is 22.0 Å². The van der Waals surface area contributed by atoms with E-state index in [1.165, 1.54) is 24.5 Å². The third-order valence-corrected chi connectivity index (χ3v) is 3.75. The van der Waals surface area contributed by atoms with Gasteiger partial charge in [-0.05, 0) is 6.42 Å². The first kappa shape index (κ1) is 15.5. The number of alkyl halides is 3. The molecule has 0 spiro atoms. The molecule has 21 heavy (non-hydrogen) atoms. The van der Waals surface area contributed by atoms with Crippen molar-refractivity contribution >= 4 is 23.0 Å². The van der Waals surface area contributed by atoms with Crippen LogP contribution in [0.4, 0.5) is 24.8 Å². The van der Waals surface area contributed by atoms with Crippen LogP contribution in [0.15, 0.2) is 12.3 Å². The normalized spacial score (nSPS) is 11.5. The minimum Gasteiger partial charge on any atom is -0.373 e. The first-order chi connectivity index (χ1) is 9.92. The lowest BCUT2D eigenvalue weighted by Crippen LogP contribution is -2.14. The van der Waals surface area contributed by atoms with Gasteiger partial charge in [-0.15, -0.1) is 11.3 Å². The van der Waals surface area contributed by atoms with Gasteiger partial charge in [-0.3, -0.25) is 0 Å². The highest BCUT2D eigenvalue weighted by Gasteiger charge is 2.35. The third kappa shape index (κ3) is 4.03. The van der Waals surface area contributed by atoms with Crippen molar-refractivity contribution in [3.63, 3.8) is 0 Å². The molecule has 114 valence electrons. The molecule has 0 aliphatic carbocycles. The Morgan fingerprint density at radius 1 is 1.24 bits per heavy atom. The molecule has 2 rings (SSSR count). The summed E-state index contributed by atoms with van der Waals surface area (Å²) in [5.41, 5.74) is 0. The number of aryl methyl sites for hydroxylation is 1. The minimum absolute atomic E-state index is 0.105. The van der Waals surface area contributed by atoms with Crippen molar-refractivity contribution < 1.29 is 13.2 Å². The van der Waals surface area contributed by atoms with E-state index in [-0.39, 0.29) is 11.6 Å². The highest BCUT2D eigenvalue weighted by molar-refractivity contribution is 7.11. The zero-order valence-electron chi connectivity index (χ0n) is 11.5. The van der Waals surface area contributed by atoms with E-state index in [0.29, 0.717) is 6.54 Å². The molecule has 0 fully saturated rings. The Kier molecular flexibility index (Phi) is 4.61. The Balaban J connectivity index is 2.15. The fourth-order valence-corrected chi connectivity index (χ4v) is 2.35. The van der Waals surface area contributed by atoms with E-state index in [1.54, 1.807) is 6.20 Å². The number of hydrogen-bond acceptors (Lipinski definition) is 6. The van der Waals surface area contributed by atoms with Gasteiger partial charge in [-0.25, -0.2) is 15.0 Å². The molecule has 0 aliphatic rings. The zero-order valence-corrected chi connectivity index (χ0v) is 12.3. The van der Waals surface area contributed by atoms with E-state index >= 15 is 0 Å². The van der Waals surface area contributed by atoms with Crippen LogP contribution in [0.2, 0.25) is 0 Å². The topological polar surface area (TPSA) is 62.7 Å². The van der Waals surface area contributed by atoms with Crippen molar-refractivity contribution in [1.82, 2.24) is 15.0 Å². The number of thiazole rings is 1. The summed E-state index contributed by atoms with van der Waals surface area (Å²) in [5.74, 6) is -0.964. The van der Waals surface area contributed by atoms with Crippen LogP contribution in [0.1, 0.15) is 22.6 Å². The van der Waals surface area contributed by atoms with Gasteiger partial charge in [0.05, 0.1) is 6.54 Å². The van der Waals surface area contributed by atoms with Crippen LogP contribution in [0, 0.1) is 0 Å². The van der Waals surface area contributed by atoms with Crippen molar-refractivity contribution in [1.29, 1.82) is 0 Å². The lowest BCUT2D eigenvalue weighted by Gasteiger charge is -2.10. The van der Waals surface area contributed by atoms with E-state index in [2.05, 4.69) is 25.6 Å². The van der Waals surface area contributed by atoms with E-state index in [0.717, 1.165) is 16.3 Å². The maximum Gasteiger partial charge on any atom is 0.451 e. The van der Waals surface area contributed by atoms with Crippen molar-refractivity contribution in [2.75, 3.05) is 17.7 Å². The average Bonchev–Trinajstić information content (AvgIpc) is 2.92. The highest BCUT2D eigenvalue weighted by atomic mass is 32.1. The van der Waals surface area contributed by atoms with E-state index < -0.39 is 12.0 Å². The molecular weight excluding hydrogens is 303 g/mol. The number of aromatic nitrogens is 3. The van der Waals surface area contributed by atoms with Crippen molar-refractivity contribution in [2.24, 2.45) is 0 Å². The van der Waals surface area contributed by atoms with Crippen molar-refractivity contribution in [3.05, 3.63) is 28.0 Å². The second-order valence-corrected chi connectivity index (χ2v) is 5.34. The van der Waals surface area contributed by atoms with Crippen LogP contribution >= 0.6 is 11.3 Å². The molecule has 2 aromatic rings. The first-order valence-electron chi connectivity index (χ1n) is 6.24. The van der Waals surface area contributed by atoms with Crippen molar-refractivity contribution in [3.8, 4) is 0 Å². The summed E-state index contributed by atoms with van der Waals surface area (Å²) in [6, 6.07) is 1.42.